The van der Waals surface area contributed by atoms with Crippen LogP contribution in [0.25, 0.3) is 21.0 Å². The van der Waals surface area contributed by atoms with Crippen LogP contribution in [0.2, 0.25) is 0 Å². The van der Waals surface area contributed by atoms with Crippen molar-refractivity contribution in [1.82, 2.24) is 15.2 Å². The first-order valence-corrected chi connectivity index (χ1v) is 11.3. The van der Waals surface area contributed by atoms with Gasteiger partial charge in [-0.1, -0.05) is 30.3 Å². The molecule has 1 aliphatic heterocycles. The highest BCUT2D eigenvalue weighted by molar-refractivity contribution is 7.21. The van der Waals surface area contributed by atoms with Crippen LogP contribution in [0.15, 0.2) is 60.8 Å². The molecule has 3 heterocycles. The standard InChI is InChI=1S/C25H25N3OS/c1-26-25(29)24-21(20-8-2-3-9-23(20)30-24)15-19-7-5-13-28(19)16-17-10-11-22-18(14-17)6-4-12-27-22/h2-4,6,8-12,14,19H,5,7,13,15-16H2,1H3,(H,26,29)/t19-/m0/s1. The molecule has 0 bridgehead atoms. The minimum atomic E-state index is 0.0257. The molecule has 4 aromatic rings. The second-order valence-electron chi connectivity index (χ2n) is 7.99. The van der Waals surface area contributed by atoms with E-state index in [0.717, 1.165) is 29.9 Å². The summed E-state index contributed by atoms with van der Waals surface area (Å²) in [7, 11) is 1.72. The van der Waals surface area contributed by atoms with E-state index in [0.29, 0.717) is 6.04 Å². The monoisotopic (exact) mass is 415 g/mol. The van der Waals surface area contributed by atoms with Crippen molar-refractivity contribution >= 4 is 38.2 Å². The summed E-state index contributed by atoms with van der Waals surface area (Å²) in [6.45, 7) is 2.04. The number of carbonyl (C=O) groups is 1. The third kappa shape index (κ3) is 3.59. The fourth-order valence-electron chi connectivity index (χ4n) is 4.63. The molecule has 1 N–H and O–H groups in total. The summed E-state index contributed by atoms with van der Waals surface area (Å²) in [6, 6.07) is 19.5. The summed E-state index contributed by atoms with van der Waals surface area (Å²) >= 11 is 1.61. The molecule has 4 nitrogen and oxygen atoms in total. The Morgan fingerprint density at radius 3 is 3.00 bits per heavy atom. The Balaban J connectivity index is 1.42. The van der Waals surface area contributed by atoms with Gasteiger partial charge in [-0.15, -0.1) is 11.3 Å². The third-order valence-corrected chi connectivity index (χ3v) is 7.34. The molecule has 30 heavy (non-hydrogen) atoms. The van der Waals surface area contributed by atoms with Crippen LogP contribution in [0, 0.1) is 0 Å². The van der Waals surface area contributed by atoms with Crippen molar-refractivity contribution in [3.63, 3.8) is 0 Å². The van der Waals surface area contributed by atoms with Gasteiger partial charge in [-0.3, -0.25) is 14.7 Å². The van der Waals surface area contributed by atoms with Crippen LogP contribution >= 0.6 is 11.3 Å². The van der Waals surface area contributed by atoms with Crippen LogP contribution in [0.1, 0.15) is 33.6 Å². The molecule has 152 valence electrons. The molecule has 0 aliphatic carbocycles. The van der Waals surface area contributed by atoms with Crippen molar-refractivity contribution in [2.24, 2.45) is 0 Å². The minimum Gasteiger partial charge on any atom is -0.354 e. The predicted octanol–water partition coefficient (Wildman–Crippen LogP) is 5.02. The van der Waals surface area contributed by atoms with Gasteiger partial charge in [0.15, 0.2) is 0 Å². The lowest BCUT2D eigenvalue weighted by Crippen LogP contribution is -2.31. The average Bonchev–Trinajstić information content (AvgIpc) is 3.38. The molecule has 1 atom stereocenters. The molecule has 1 aliphatic rings. The smallest absolute Gasteiger partial charge is 0.261 e. The van der Waals surface area contributed by atoms with Crippen LogP contribution in [-0.4, -0.2) is 35.4 Å². The zero-order valence-electron chi connectivity index (χ0n) is 17.1. The summed E-state index contributed by atoms with van der Waals surface area (Å²) in [4.78, 5) is 20.4. The third-order valence-electron chi connectivity index (χ3n) is 6.12. The number of amides is 1. The van der Waals surface area contributed by atoms with Crippen LogP contribution in [0.3, 0.4) is 0 Å². The van der Waals surface area contributed by atoms with Gasteiger partial charge in [-0.05, 0) is 66.6 Å². The molecule has 5 heteroatoms. The van der Waals surface area contributed by atoms with E-state index < -0.39 is 0 Å². The van der Waals surface area contributed by atoms with E-state index in [4.69, 9.17) is 0 Å². The van der Waals surface area contributed by atoms with Crippen LogP contribution in [-0.2, 0) is 13.0 Å². The first-order valence-electron chi connectivity index (χ1n) is 10.5. The summed E-state index contributed by atoms with van der Waals surface area (Å²) in [5.74, 6) is 0.0257. The second-order valence-corrected chi connectivity index (χ2v) is 9.04. The molecule has 2 aromatic carbocycles. The lowest BCUT2D eigenvalue weighted by atomic mass is 10.00. The number of likely N-dealkylation sites (tertiary alicyclic amines) is 1. The number of carbonyl (C=O) groups excluding carboxylic acids is 1. The first-order chi connectivity index (χ1) is 14.7. The van der Waals surface area contributed by atoms with E-state index in [2.05, 4.69) is 57.7 Å². The largest absolute Gasteiger partial charge is 0.354 e. The molecule has 5 rings (SSSR count). The number of rotatable bonds is 5. The van der Waals surface area contributed by atoms with Gasteiger partial charge in [-0.25, -0.2) is 0 Å². The number of nitrogens with one attached hydrogen (secondary N) is 1. The minimum absolute atomic E-state index is 0.0257. The predicted molar refractivity (Wildman–Crippen MR) is 124 cm³/mol. The molecule has 1 amide bonds. The number of hydrogen-bond donors (Lipinski definition) is 1. The van der Waals surface area contributed by atoms with E-state index in [1.165, 1.54) is 39.4 Å². The number of aromatic nitrogens is 1. The molecule has 0 saturated carbocycles. The Kier molecular flexibility index (Phi) is 5.23. The Hall–Kier alpha value is -2.76. The zero-order valence-corrected chi connectivity index (χ0v) is 17.9. The molecule has 1 fully saturated rings. The van der Waals surface area contributed by atoms with E-state index in [-0.39, 0.29) is 5.91 Å². The molecule has 0 spiro atoms. The summed E-state index contributed by atoms with van der Waals surface area (Å²) in [6.07, 6.45) is 5.14. The SMILES string of the molecule is CNC(=O)c1sc2ccccc2c1C[C@@H]1CCCN1Cc1ccc2ncccc2c1. The number of hydrogen-bond acceptors (Lipinski definition) is 4. The van der Waals surface area contributed by atoms with Crippen molar-refractivity contribution in [2.45, 2.75) is 31.8 Å². The first kappa shape index (κ1) is 19.2. The summed E-state index contributed by atoms with van der Waals surface area (Å²) in [5, 5.41) is 5.25. The molecule has 0 radical (unpaired) electrons. The van der Waals surface area contributed by atoms with Gasteiger partial charge in [0.25, 0.3) is 5.91 Å². The second kappa shape index (κ2) is 8.17. The average molecular weight is 416 g/mol. The quantitative estimate of drug-likeness (QED) is 0.498. The molecular weight excluding hydrogens is 390 g/mol. The van der Waals surface area contributed by atoms with Crippen LogP contribution < -0.4 is 5.32 Å². The van der Waals surface area contributed by atoms with Gasteiger partial charge >= 0.3 is 0 Å². The topological polar surface area (TPSA) is 45.2 Å². The van der Waals surface area contributed by atoms with Gasteiger partial charge < -0.3 is 5.32 Å². The maximum atomic E-state index is 12.6. The normalized spacial score (nSPS) is 17.0. The van der Waals surface area contributed by atoms with Crippen molar-refractivity contribution in [3.8, 4) is 0 Å². The fourth-order valence-corrected chi connectivity index (χ4v) is 5.81. The molecule has 2 aromatic heterocycles. The van der Waals surface area contributed by atoms with E-state index in [1.54, 1.807) is 18.4 Å². The lowest BCUT2D eigenvalue weighted by Gasteiger charge is -2.25. The van der Waals surface area contributed by atoms with Crippen LogP contribution in [0.4, 0.5) is 0 Å². The highest BCUT2D eigenvalue weighted by Crippen LogP contribution is 2.34. The number of pyridine rings is 1. The maximum Gasteiger partial charge on any atom is 0.261 e. The number of benzene rings is 2. The van der Waals surface area contributed by atoms with E-state index in [1.807, 2.05) is 18.3 Å². The zero-order chi connectivity index (χ0) is 20.5. The Labute approximate surface area is 180 Å². The van der Waals surface area contributed by atoms with Crippen molar-refractivity contribution in [2.75, 3.05) is 13.6 Å². The van der Waals surface area contributed by atoms with Crippen molar-refractivity contribution in [3.05, 3.63) is 76.8 Å². The van der Waals surface area contributed by atoms with Gasteiger partial charge in [0.2, 0.25) is 0 Å². The van der Waals surface area contributed by atoms with Gasteiger partial charge in [0.05, 0.1) is 10.4 Å². The highest BCUT2D eigenvalue weighted by Gasteiger charge is 2.28. The molecular formula is C25H25N3OS. The number of nitrogens with zero attached hydrogens (tertiary/aromatic N) is 2. The van der Waals surface area contributed by atoms with Crippen molar-refractivity contribution < 1.29 is 4.79 Å². The van der Waals surface area contributed by atoms with Gasteiger partial charge in [0, 0.05) is 35.9 Å². The van der Waals surface area contributed by atoms with E-state index in [9.17, 15) is 4.79 Å². The Morgan fingerprint density at radius 1 is 1.20 bits per heavy atom. The summed E-state index contributed by atoms with van der Waals surface area (Å²) < 4.78 is 1.19. The highest BCUT2D eigenvalue weighted by atomic mass is 32.1. The number of fused-ring (bicyclic) bond motifs is 2. The molecule has 0 unspecified atom stereocenters. The van der Waals surface area contributed by atoms with Gasteiger partial charge in [-0.2, -0.15) is 0 Å². The number of thiophene rings is 1. The van der Waals surface area contributed by atoms with E-state index >= 15 is 0 Å². The maximum absolute atomic E-state index is 12.6. The van der Waals surface area contributed by atoms with Crippen LogP contribution in [0.5, 0.6) is 0 Å². The Bertz CT molecular complexity index is 1220. The Morgan fingerprint density at radius 2 is 2.10 bits per heavy atom. The van der Waals surface area contributed by atoms with Gasteiger partial charge in [0.1, 0.15) is 0 Å². The fraction of sp³-hybridized carbons (Fsp3) is 0.280. The lowest BCUT2D eigenvalue weighted by molar-refractivity contribution is 0.0966. The molecule has 1 saturated heterocycles. The summed E-state index contributed by atoms with van der Waals surface area (Å²) in [5.41, 5.74) is 3.57. The van der Waals surface area contributed by atoms with Crippen molar-refractivity contribution in [1.29, 1.82) is 0 Å².